The quantitative estimate of drug-likeness (QED) is 0.707. The van der Waals surface area contributed by atoms with Crippen molar-refractivity contribution >= 4 is 11.9 Å². The average Bonchev–Trinajstić information content (AvgIpc) is 2.39. The molecule has 5 nitrogen and oxygen atoms in total. The summed E-state index contributed by atoms with van der Waals surface area (Å²) < 4.78 is 0. The Morgan fingerprint density at radius 3 is 2.25 bits per heavy atom. The zero-order valence-electron chi connectivity index (χ0n) is 12.1. The zero-order valence-corrected chi connectivity index (χ0v) is 12.1. The highest BCUT2D eigenvalue weighted by atomic mass is 16.4. The minimum atomic E-state index is -0.941. The Labute approximate surface area is 119 Å². The van der Waals surface area contributed by atoms with E-state index in [4.69, 9.17) is 5.11 Å². The van der Waals surface area contributed by atoms with Gasteiger partial charge in [0, 0.05) is 0 Å². The molecule has 110 valence electrons. The van der Waals surface area contributed by atoms with Crippen molar-refractivity contribution in [1.82, 2.24) is 10.6 Å². The van der Waals surface area contributed by atoms with Gasteiger partial charge in [-0.3, -0.25) is 14.9 Å². The summed E-state index contributed by atoms with van der Waals surface area (Å²) in [4.78, 5) is 22.8. The molecule has 0 spiro atoms. The molecule has 3 N–H and O–H groups in total. The third kappa shape index (κ3) is 5.01. The third-order valence-electron chi connectivity index (χ3n) is 3.09. The fraction of sp³-hybridized carbons (Fsp3) is 0.467. The molecule has 2 atom stereocenters. The van der Waals surface area contributed by atoms with E-state index in [0.717, 1.165) is 5.56 Å². The molecule has 1 aromatic rings. The lowest BCUT2D eigenvalue weighted by Gasteiger charge is -2.19. The first-order chi connectivity index (χ1) is 9.41. The normalized spacial score (nSPS) is 13.8. The Balaban J connectivity index is 2.46. The van der Waals surface area contributed by atoms with Gasteiger partial charge < -0.3 is 10.4 Å². The highest BCUT2D eigenvalue weighted by Crippen LogP contribution is 2.10. The number of carboxylic acids is 1. The van der Waals surface area contributed by atoms with E-state index in [1.807, 2.05) is 37.3 Å². The molecule has 5 heteroatoms. The average molecular weight is 278 g/mol. The summed E-state index contributed by atoms with van der Waals surface area (Å²) in [6.07, 6.45) is 0. The van der Waals surface area contributed by atoms with Crippen LogP contribution in [0.4, 0.5) is 0 Å². The molecule has 0 aliphatic rings. The van der Waals surface area contributed by atoms with Crippen LogP contribution in [0.25, 0.3) is 0 Å². The highest BCUT2D eigenvalue weighted by Gasteiger charge is 2.21. The van der Waals surface area contributed by atoms with Crippen molar-refractivity contribution in [3.05, 3.63) is 35.9 Å². The van der Waals surface area contributed by atoms with Crippen LogP contribution in [0.15, 0.2) is 30.3 Å². The van der Waals surface area contributed by atoms with Crippen molar-refractivity contribution in [1.29, 1.82) is 0 Å². The predicted octanol–water partition coefficient (Wildman–Crippen LogP) is 1.56. The number of hydrogen-bond acceptors (Lipinski definition) is 3. The van der Waals surface area contributed by atoms with E-state index in [1.54, 1.807) is 13.8 Å². The van der Waals surface area contributed by atoms with Gasteiger partial charge in [-0.25, -0.2) is 0 Å². The minimum absolute atomic E-state index is 0.00762. The van der Waals surface area contributed by atoms with Crippen molar-refractivity contribution in [3.63, 3.8) is 0 Å². The van der Waals surface area contributed by atoms with Crippen molar-refractivity contribution < 1.29 is 14.7 Å². The molecular formula is C15H22N2O3. The van der Waals surface area contributed by atoms with Crippen LogP contribution < -0.4 is 10.6 Å². The fourth-order valence-corrected chi connectivity index (χ4v) is 1.93. The van der Waals surface area contributed by atoms with Crippen LogP contribution in [0.3, 0.4) is 0 Å². The molecule has 20 heavy (non-hydrogen) atoms. The number of benzene rings is 1. The predicted molar refractivity (Wildman–Crippen MR) is 77.3 cm³/mol. The number of hydrogen-bond donors (Lipinski definition) is 3. The summed E-state index contributed by atoms with van der Waals surface area (Å²) in [5, 5.41) is 14.6. The highest BCUT2D eigenvalue weighted by molar-refractivity contribution is 5.80. The smallest absolute Gasteiger partial charge is 0.320 e. The standard InChI is InChI=1S/C15H22N2O3/c1-10(2)14(15(19)20)16-9-13(18)17-11(3)12-7-5-4-6-8-12/h4-8,10-11,14,16H,9H2,1-3H3,(H,17,18)(H,19,20). The second kappa shape index (κ2) is 7.65. The first kappa shape index (κ1) is 16.2. The number of carbonyl (C=O) groups excluding carboxylic acids is 1. The van der Waals surface area contributed by atoms with Crippen LogP contribution in [0.1, 0.15) is 32.4 Å². The van der Waals surface area contributed by atoms with Gasteiger partial charge in [0.15, 0.2) is 0 Å². The number of nitrogens with one attached hydrogen (secondary N) is 2. The summed E-state index contributed by atoms with van der Waals surface area (Å²) in [6, 6.07) is 8.80. The molecule has 1 amide bonds. The second-order valence-corrected chi connectivity index (χ2v) is 5.14. The molecule has 0 saturated carbocycles. The first-order valence-corrected chi connectivity index (χ1v) is 6.72. The summed E-state index contributed by atoms with van der Waals surface area (Å²) in [5.41, 5.74) is 1.01. The van der Waals surface area contributed by atoms with Gasteiger partial charge in [0.25, 0.3) is 0 Å². The van der Waals surface area contributed by atoms with E-state index >= 15 is 0 Å². The fourth-order valence-electron chi connectivity index (χ4n) is 1.93. The van der Waals surface area contributed by atoms with Gasteiger partial charge in [-0.05, 0) is 18.4 Å². The molecule has 0 aliphatic carbocycles. The molecule has 1 rings (SSSR count). The molecule has 0 bridgehead atoms. The van der Waals surface area contributed by atoms with Crippen LogP contribution in [0.5, 0.6) is 0 Å². The first-order valence-electron chi connectivity index (χ1n) is 6.72. The number of amides is 1. The maximum Gasteiger partial charge on any atom is 0.320 e. The molecule has 0 fully saturated rings. The summed E-state index contributed by atoms with van der Waals surface area (Å²) >= 11 is 0. The maximum atomic E-state index is 11.8. The number of aliphatic carboxylic acids is 1. The maximum absolute atomic E-state index is 11.8. The molecular weight excluding hydrogens is 256 g/mol. The Morgan fingerprint density at radius 1 is 1.15 bits per heavy atom. The summed E-state index contributed by atoms with van der Waals surface area (Å²) in [5.74, 6) is -1.23. The Morgan fingerprint density at radius 2 is 1.75 bits per heavy atom. The van der Waals surface area contributed by atoms with Crippen LogP contribution in [0.2, 0.25) is 0 Å². The minimum Gasteiger partial charge on any atom is -0.480 e. The van der Waals surface area contributed by atoms with Crippen molar-refractivity contribution in [3.8, 4) is 0 Å². The lowest BCUT2D eigenvalue weighted by atomic mass is 10.0. The van der Waals surface area contributed by atoms with Crippen LogP contribution in [0, 0.1) is 5.92 Å². The largest absolute Gasteiger partial charge is 0.480 e. The monoisotopic (exact) mass is 278 g/mol. The van der Waals surface area contributed by atoms with E-state index < -0.39 is 12.0 Å². The number of carboxylic acid groups (broad SMARTS) is 1. The van der Waals surface area contributed by atoms with Crippen molar-refractivity contribution in [2.75, 3.05) is 6.54 Å². The van der Waals surface area contributed by atoms with Gasteiger partial charge in [-0.2, -0.15) is 0 Å². The van der Waals surface area contributed by atoms with Gasteiger partial charge in [-0.15, -0.1) is 0 Å². The molecule has 0 aromatic heterocycles. The molecule has 0 aliphatic heterocycles. The van der Waals surface area contributed by atoms with E-state index in [9.17, 15) is 9.59 Å². The van der Waals surface area contributed by atoms with Gasteiger partial charge in [0.2, 0.25) is 5.91 Å². The molecule has 2 unspecified atom stereocenters. The van der Waals surface area contributed by atoms with Gasteiger partial charge >= 0.3 is 5.97 Å². The van der Waals surface area contributed by atoms with E-state index in [1.165, 1.54) is 0 Å². The third-order valence-corrected chi connectivity index (χ3v) is 3.09. The van der Waals surface area contributed by atoms with Gasteiger partial charge in [-0.1, -0.05) is 44.2 Å². The van der Waals surface area contributed by atoms with Crippen LogP contribution in [-0.2, 0) is 9.59 Å². The van der Waals surface area contributed by atoms with Crippen molar-refractivity contribution in [2.24, 2.45) is 5.92 Å². The van der Waals surface area contributed by atoms with Crippen LogP contribution in [-0.4, -0.2) is 29.6 Å². The second-order valence-electron chi connectivity index (χ2n) is 5.14. The van der Waals surface area contributed by atoms with E-state index in [-0.39, 0.29) is 24.4 Å². The van der Waals surface area contributed by atoms with Gasteiger partial charge in [0.05, 0.1) is 12.6 Å². The Kier molecular flexibility index (Phi) is 6.18. The Hall–Kier alpha value is -1.88. The summed E-state index contributed by atoms with van der Waals surface area (Å²) in [7, 11) is 0. The lowest BCUT2D eigenvalue weighted by Crippen LogP contribution is -2.46. The molecule has 0 radical (unpaired) electrons. The van der Waals surface area contributed by atoms with Crippen LogP contribution >= 0.6 is 0 Å². The topological polar surface area (TPSA) is 78.4 Å². The van der Waals surface area contributed by atoms with E-state index in [0.29, 0.717) is 0 Å². The van der Waals surface area contributed by atoms with Gasteiger partial charge in [0.1, 0.15) is 6.04 Å². The number of rotatable bonds is 7. The van der Waals surface area contributed by atoms with E-state index in [2.05, 4.69) is 10.6 Å². The SMILES string of the molecule is CC(NC(=O)CNC(C(=O)O)C(C)C)c1ccccc1. The zero-order chi connectivity index (χ0) is 15.1. The Bertz CT molecular complexity index is 446. The number of carbonyl (C=O) groups is 2. The summed E-state index contributed by atoms with van der Waals surface area (Å²) in [6.45, 7) is 5.49. The molecule has 0 saturated heterocycles. The lowest BCUT2D eigenvalue weighted by molar-refractivity contribution is -0.140. The van der Waals surface area contributed by atoms with Crippen molar-refractivity contribution in [2.45, 2.75) is 32.9 Å². The molecule has 0 heterocycles. The molecule has 1 aromatic carbocycles.